The molecule has 1 aliphatic heterocycles. The van der Waals surface area contributed by atoms with Crippen LogP contribution in [0.4, 0.5) is 11.5 Å². The molecule has 2 heterocycles. The third kappa shape index (κ3) is 5.62. The highest BCUT2D eigenvalue weighted by Gasteiger charge is 2.19. The van der Waals surface area contributed by atoms with Gasteiger partial charge in [-0.2, -0.15) is 0 Å². The summed E-state index contributed by atoms with van der Waals surface area (Å²) in [6.45, 7) is 6.45. The molecule has 0 radical (unpaired) electrons. The van der Waals surface area contributed by atoms with Crippen LogP contribution in [0, 0.1) is 6.92 Å². The minimum absolute atomic E-state index is 0.129. The molecule has 172 valence electrons. The summed E-state index contributed by atoms with van der Waals surface area (Å²) in [5, 5.41) is 2.92. The zero-order valence-electron chi connectivity index (χ0n) is 19.4. The fraction of sp³-hybridized carbons (Fsp3) is 0.308. The Labute approximate surface area is 195 Å². The van der Waals surface area contributed by atoms with E-state index in [9.17, 15) is 4.79 Å². The Morgan fingerprint density at radius 1 is 1.00 bits per heavy atom. The van der Waals surface area contributed by atoms with Crippen LogP contribution in [0.5, 0.6) is 11.5 Å². The Bertz CT molecular complexity index is 1090. The summed E-state index contributed by atoms with van der Waals surface area (Å²) in [6.07, 6.45) is 1.72. The van der Waals surface area contributed by atoms with Crippen molar-refractivity contribution in [3.8, 4) is 11.5 Å². The van der Waals surface area contributed by atoms with Gasteiger partial charge in [0.05, 0.1) is 26.1 Å². The van der Waals surface area contributed by atoms with Gasteiger partial charge in [0.25, 0.3) is 5.91 Å². The molecule has 0 saturated carbocycles. The maximum absolute atomic E-state index is 12.4. The van der Waals surface area contributed by atoms with Gasteiger partial charge in [-0.1, -0.05) is 23.8 Å². The molecule has 2 aromatic carbocycles. The molecular weight excluding hydrogens is 416 g/mol. The Hall–Kier alpha value is -3.58. The average Bonchev–Trinajstić information content (AvgIpc) is 2.85. The van der Waals surface area contributed by atoms with Gasteiger partial charge in [-0.25, -0.2) is 4.98 Å². The van der Waals surface area contributed by atoms with Crippen LogP contribution in [0.25, 0.3) is 0 Å². The summed E-state index contributed by atoms with van der Waals surface area (Å²) >= 11 is 0. The van der Waals surface area contributed by atoms with Gasteiger partial charge in [-0.15, -0.1) is 0 Å². The zero-order valence-corrected chi connectivity index (χ0v) is 19.4. The summed E-state index contributed by atoms with van der Waals surface area (Å²) in [7, 11) is 3.35. The van der Waals surface area contributed by atoms with Crippen LogP contribution in [0.3, 0.4) is 0 Å². The SMILES string of the molecule is COc1ccc(CN2CCN(c3ccc(NC(=O)c4cccc(C)c4)cn3)CC2)c(OC)c1. The largest absolute Gasteiger partial charge is 0.497 e. The van der Waals surface area contributed by atoms with Crippen molar-refractivity contribution in [3.05, 3.63) is 77.5 Å². The van der Waals surface area contributed by atoms with Crippen molar-refractivity contribution < 1.29 is 14.3 Å². The van der Waals surface area contributed by atoms with Crippen molar-refractivity contribution >= 4 is 17.4 Å². The van der Waals surface area contributed by atoms with Gasteiger partial charge >= 0.3 is 0 Å². The summed E-state index contributed by atoms with van der Waals surface area (Å²) in [6, 6.07) is 17.4. The fourth-order valence-electron chi connectivity index (χ4n) is 4.00. The van der Waals surface area contributed by atoms with E-state index in [1.807, 2.05) is 55.5 Å². The Kier molecular flexibility index (Phi) is 7.10. The van der Waals surface area contributed by atoms with E-state index in [1.165, 1.54) is 0 Å². The predicted molar refractivity (Wildman–Crippen MR) is 130 cm³/mol. The number of hydrogen-bond donors (Lipinski definition) is 1. The Morgan fingerprint density at radius 3 is 2.48 bits per heavy atom. The number of piperazine rings is 1. The van der Waals surface area contributed by atoms with Gasteiger partial charge in [0.15, 0.2) is 0 Å². The number of pyridine rings is 1. The number of rotatable bonds is 7. The number of aryl methyl sites for hydroxylation is 1. The van der Waals surface area contributed by atoms with E-state index < -0.39 is 0 Å². The van der Waals surface area contributed by atoms with Crippen molar-refractivity contribution in [2.75, 3.05) is 50.6 Å². The van der Waals surface area contributed by atoms with Gasteiger partial charge in [0.2, 0.25) is 0 Å². The minimum atomic E-state index is -0.129. The maximum atomic E-state index is 12.4. The molecule has 7 heteroatoms. The molecule has 0 atom stereocenters. The molecule has 33 heavy (non-hydrogen) atoms. The molecule has 1 fully saturated rings. The number of carbonyl (C=O) groups is 1. The van der Waals surface area contributed by atoms with Crippen LogP contribution in [-0.4, -0.2) is 56.2 Å². The first-order valence-corrected chi connectivity index (χ1v) is 11.1. The van der Waals surface area contributed by atoms with E-state index in [0.29, 0.717) is 11.3 Å². The predicted octanol–water partition coefficient (Wildman–Crippen LogP) is 3.98. The molecule has 7 nitrogen and oxygen atoms in total. The van der Waals surface area contributed by atoms with Crippen molar-refractivity contribution in [1.82, 2.24) is 9.88 Å². The summed E-state index contributed by atoms with van der Waals surface area (Å²) in [5.41, 5.74) is 3.54. The number of methoxy groups -OCH3 is 2. The molecule has 1 aromatic heterocycles. The van der Waals surface area contributed by atoms with Crippen molar-refractivity contribution in [2.24, 2.45) is 0 Å². The first-order chi connectivity index (χ1) is 16.1. The number of benzene rings is 2. The van der Waals surface area contributed by atoms with Gasteiger partial charge in [-0.3, -0.25) is 9.69 Å². The van der Waals surface area contributed by atoms with E-state index in [2.05, 4.69) is 26.2 Å². The number of amides is 1. The fourth-order valence-corrected chi connectivity index (χ4v) is 4.00. The van der Waals surface area contributed by atoms with E-state index in [1.54, 1.807) is 20.4 Å². The van der Waals surface area contributed by atoms with Crippen LogP contribution in [0.1, 0.15) is 21.5 Å². The number of nitrogens with zero attached hydrogens (tertiary/aromatic N) is 3. The van der Waals surface area contributed by atoms with Crippen LogP contribution >= 0.6 is 0 Å². The molecule has 1 N–H and O–H groups in total. The lowest BCUT2D eigenvalue weighted by atomic mass is 10.1. The highest BCUT2D eigenvalue weighted by atomic mass is 16.5. The number of nitrogens with one attached hydrogen (secondary N) is 1. The maximum Gasteiger partial charge on any atom is 0.255 e. The van der Waals surface area contributed by atoms with Crippen molar-refractivity contribution in [3.63, 3.8) is 0 Å². The number of ether oxygens (including phenoxy) is 2. The smallest absolute Gasteiger partial charge is 0.255 e. The first kappa shape index (κ1) is 22.6. The highest BCUT2D eigenvalue weighted by molar-refractivity contribution is 6.04. The van der Waals surface area contributed by atoms with E-state index in [4.69, 9.17) is 9.47 Å². The quantitative estimate of drug-likeness (QED) is 0.592. The zero-order chi connectivity index (χ0) is 23.2. The second-order valence-electron chi connectivity index (χ2n) is 8.17. The molecule has 1 aliphatic rings. The van der Waals surface area contributed by atoms with Gasteiger partial charge in [0.1, 0.15) is 17.3 Å². The minimum Gasteiger partial charge on any atom is -0.497 e. The van der Waals surface area contributed by atoms with Gasteiger partial charge < -0.3 is 19.7 Å². The summed E-state index contributed by atoms with van der Waals surface area (Å²) in [4.78, 5) is 21.7. The Morgan fingerprint density at radius 2 is 1.82 bits per heavy atom. The first-order valence-electron chi connectivity index (χ1n) is 11.1. The van der Waals surface area contributed by atoms with Gasteiger partial charge in [0, 0.05) is 49.9 Å². The third-order valence-corrected chi connectivity index (χ3v) is 5.87. The molecule has 0 unspecified atom stereocenters. The Balaban J connectivity index is 1.31. The molecular formula is C26H30N4O3. The second kappa shape index (κ2) is 10.4. The second-order valence-corrected chi connectivity index (χ2v) is 8.17. The van der Waals surface area contributed by atoms with E-state index in [-0.39, 0.29) is 5.91 Å². The average molecular weight is 447 g/mol. The number of hydrogen-bond acceptors (Lipinski definition) is 6. The van der Waals surface area contributed by atoms with Crippen molar-refractivity contribution in [2.45, 2.75) is 13.5 Å². The number of anilines is 2. The monoisotopic (exact) mass is 446 g/mol. The van der Waals surface area contributed by atoms with Crippen LogP contribution in [0.2, 0.25) is 0 Å². The van der Waals surface area contributed by atoms with Crippen LogP contribution < -0.4 is 19.7 Å². The lowest BCUT2D eigenvalue weighted by molar-refractivity contribution is 0.102. The topological polar surface area (TPSA) is 66.9 Å². The molecule has 0 aliphatic carbocycles. The van der Waals surface area contributed by atoms with Crippen LogP contribution in [-0.2, 0) is 6.54 Å². The highest BCUT2D eigenvalue weighted by Crippen LogP contribution is 2.26. The summed E-state index contributed by atoms with van der Waals surface area (Å²) < 4.78 is 10.8. The number of aromatic nitrogens is 1. The molecule has 4 rings (SSSR count). The van der Waals surface area contributed by atoms with E-state index in [0.717, 1.165) is 61.2 Å². The van der Waals surface area contributed by atoms with E-state index >= 15 is 0 Å². The molecule has 1 saturated heterocycles. The lowest BCUT2D eigenvalue weighted by Crippen LogP contribution is -2.46. The standard InChI is InChI=1S/C26H30N4O3/c1-19-5-4-6-20(15-19)26(31)28-22-8-10-25(27-17-22)30-13-11-29(12-14-30)18-21-7-9-23(32-2)16-24(21)33-3/h4-10,15-17H,11-14,18H2,1-3H3,(H,28,31). The van der Waals surface area contributed by atoms with Crippen molar-refractivity contribution in [1.29, 1.82) is 0 Å². The lowest BCUT2D eigenvalue weighted by Gasteiger charge is -2.35. The molecule has 1 amide bonds. The summed E-state index contributed by atoms with van der Waals surface area (Å²) in [5.74, 6) is 2.44. The third-order valence-electron chi connectivity index (χ3n) is 5.87. The molecule has 3 aromatic rings. The van der Waals surface area contributed by atoms with Gasteiger partial charge in [-0.05, 0) is 37.3 Å². The number of carbonyl (C=O) groups excluding carboxylic acids is 1. The molecule has 0 bridgehead atoms. The normalized spacial score (nSPS) is 14.1. The van der Waals surface area contributed by atoms with Crippen LogP contribution in [0.15, 0.2) is 60.8 Å². The molecule has 0 spiro atoms.